The van der Waals surface area contributed by atoms with Gasteiger partial charge in [-0.15, -0.1) is 0 Å². The van der Waals surface area contributed by atoms with Crippen LogP contribution in [-0.2, 0) is 44.8 Å². The van der Waals surface area contributed by atoms with Crippen molar-refractivity contribution in [2.45, 2.75) is 71.8 Å². The molecule has 0 bridgehead atoms. The van der Waals surface area contributed by atoms with Crippen LogP contribution in [0.15, 0.2) is 86.3 Å². The van der Waals surface area contributed by atoms with Crippen molar-refractivity contribution in [2.24, 2.45) is 11.8 Å². The molecule has 0 spiro atoms. The van der Waals surface area contributed by atoms with Crippen molar-refractivity contribution in [3.8, 4) is 23.7 Å². The monoisotopic (exact) mass is 616 g/mol. The fourth-order valence-electron chi connectivity index (χ4n) is 5.90. The average Bonchev–Trinajstić information content (AvgIpc) is 3.10. The number of benzene rings is 3. The Hall–Kier alpha value is -4.22. The molecular formula is C42H48O4. The number of ether oxygens (including phenoxy) is 4. The largest absolute Gasteiger partial charge is 0.476 e. The Morgan fingerprint density at radius 2 is 1.17 bits per heavy atom. The van der Waals surface area contributed by atoms with E-state index in [4.69, 9.17) is 18.9 Å². The van der Waals surface area contributed by atoms with Crippen LogP contribution in [0.25, 0.3) is 0 Å². The summed E-state index contributed by atoms with van der Waals surface area (Å²) in [6, 6.07) is 21.4. The van der Waals surface area contributed by atoms with E-state index in [0.29, 0.717) is 19.3 Å². The maximum Gasteiger partial charge on any atom is 0.188 e. The second-order valence-corrected chi connectivity index (χ2v) is 11.8. The Balaban J connectivity index is 1.31. The third kappa shape index (κ3) is 11.3. The van der Waals surface area contributed by atoms with Gasteiger partial charge in [-0.25, -0.2) is 0 Å². The zero-order chi connectivity index (χ0) is 32.4. The van der Waals surface area contributed by atoms with Crippen LogP contribution in [0, 0.1) is 35.5 Å². The fraction of sp³-hybridized carbons (Fsp3) is 0.381. The van der Waals surface area contributed by atoms with Gasteiger partial charge >= 0.3 is 0 Å². The molecule has 1 fully saturated rings. The normalized spacial score (nSPS) is 15.5. The molecule has 0 radical (unpaired) electrons. The molecule has 1 aliphatic rings. The van der Waals surface area contributed by atoms with Gasteiger partial charge in [0.2, 0.25) is 0 Å². The molecule has 4 heteroatoms. The summed E-state index contributed by atoms with van der Waals surface area (Å²) in [6.07, 6.45) is 12.1. The van der Waals surface area contributed by atoms with Gasteiger partial charge in [-0.1, -0.05) is 87.8 Å². The first kappa shape index (κ1) is 34.6. The molecule has 0 N–H and O–H groups in total. The van der Waals surface area contributed by atoms with Crippen molar-refractivity contribution in [2.75, 3.05) is 20.2 Å². The van der Waals surface area contributed by atoms with Gasteiger partial charge < -0.3 is 18.9 Å². The van der Waals surface area contributed by atoms with Crippen LogP contribution in [-0.4, -0.2) is 20.2 Å². The van der Waals surface area contributed by atoms with Gasteiger partial charge in [0.15, 0.2) is 13.6 Å². The summed E-state index contributed by atoms with van der Waals surface area (Å²) in [5.74, 6) is 15.1. The van der Waals surface area contributed by atoms with Crippen molar-refractivity contribution in [1.29, 1.82) is 0 Å². The van der Waals surface area contributed by atoms with Gasteiger partial charge in [-0.3, -0.25) is 0 Å². The Morgan fingerprint density at radius 3 is 1.76 bits per heavy atom. The summed E-state index contributed by atoms with van der Waals surface area (Å²) in [4.78, 5) is 0. The molecule has 0 unspecified atom stereocenters. The molecule has 3 aromatic rings. The van der Waals surface area contributed by atoms with Crippen LogP contribution in [0.2, 0.25) is 0 Å². The zero-order valence-corrected chi connectivity index (χ0v) is 27.6. The van der Waals surface area contributed by atoms with Gasteiger partial charge in [0, 0.05) is 22.3 Å². The molecule has 240 valence electrons. The summed E-state index contributed by atoms with van der Waals surface area (Å²) < 4.78 is 21.1. The van der Waals surface area contributed by atoms with Crippen molar-refractivity contribution < 1.29 is 18.9 Å². The Labute approximate surface area is 276 Å². The standard InChI is InChI=1S/C42H48O4/c1-5-40-27-39(28-41(6-2)42(40)26-25-36-17-22-38(23-18-36)30-46-32-44-8-4)24-19-34-12-9-33(10-13-34)11-14-35-15-20-37(21-16-35)29-45-31-43-7-3/h7-10,12-13,17-18,22-23,27-28,35,37H,3-6,11,14-16,20-21,29-32H2,1-2H3. The van der Waals surface area contributed by atoms with Gasteiger partial charge in [0.05, 0.1) is 25.7 Å². The Bertz CT molecular complexity index is 1480. The highest BCUT2D eigenvalue weighted by Gasteiger charge is 2.21. The van der Waals surface area contributed by atoms with Gasteiger partial charge in [-0.05, 0) is 109 Å². The van der Waals surface area contributed by atoms with E-state index >= 15 is 0 Å². The minimum absolute atomic E-state index is 0.199. The molecular weight excluding hydrogens is 568 g/mol. The number of rotatable bonds is 15. The van der Waals surface area contributed by atoms with E-state index in [1.165, 1.54) is 61.3 Å². The third-order valence-electron chi connectivity index (χ3n) is 8.62. The van der Waals surface area contributed by atoms with Crippen LogP contribution in [0.1, 0.15) is 90.5 Å². The smallest absolute Gasteiger partial charge is 0.188 e. The second-order valence-electron chi connectivity index (χ2n) is 11.8. The van der Waals surface area contributed by atoms with E-state index in [0.717, 1.165) is 59.6 Å². The van der Waals surface area contributed by atoms with Crippen molar-refractivity contribution in [1.82, 2.24) is 0 Å². The molecule has 46 heavy (non-hydrogen) atoms. The molecule has 0 amide bonds. The lowest BCUT2D eigenvalue weighted by Gasteiger charge is -2.28. The van der Waals surface area contributed by atoms with Gasteiger partial charge in [0.25, 0.3) is 0 Å². The summed E-state index contributed by atoms with van der Waals surface area (Å²) in [5, 5.41) is 0. The van der Waals surface area contributed by atoms with E-state index in [9.17, 15) is 0 Å². The second kappa shape index (κ2) is 19.3. The summed E-state index contributed by atoms with van der Waals surface area (Å²) >= 11 is 0. The maximum atomic E-state index is 5.59. The first-order valence-electron chi connectivity index (χ1n) is 16.6. The van der Waals surface area contributed by atoms with E-state index in [-0.39, 0.29) is 6.79 Å². The molecule has 0 aliphatic heterocycles. The fourth-order valence-corrected chi connectivity index (χ4v) is 5.90. The molecule has 0 atom stereocenters. The number of hydrogen-bond acceptors (Lipinski definition) is 4. The Morgan fingerprint density at radius 1 is 0.652 bits per heavy atom. The summed E-state index contributed by atoms with van der Waals surface area (Å²) in [5.41, 5.74) is 9.13. The molecule has 1 aliphatic carbocycles. The highest BCUT2D eigenvalue weighted by atomic mass is 16.7. The predicted molar refractivity (Wildman–Crippen MR) is 187 cm³/mol. The summed E-state index contributed by atoms with van der Waals surface area (Å²) in [6.45, 7) is 13.2. The molecule has 0 heterocycles. The van der Waals surface area contributed by atoms with Gasteiger partial charge in [0.1, 0.15) is 0 Å². The first-order chi connectivity index (χ1) is 22.6. The van der Waals surface area contributed by atoms with Crippen LogP contribution >= 0.6 is 0 Å². The average molecular weight is 617 g/mol. The van der Waals surface area contributed by atoms with E-state index in [2.05, 4.69) is 87.1 Å². The molecule has 4 rings (SSSR count). The number of aryl methyl sites for hydroxylation is 3. The highest BCUT2D eigenvalue weighted by molar-refractivity contribution is 5.56. The number of hydrogen-bond donors (Lipinski definition) is 0. The lowest BCUT2D eigenvalue weighted by atomic mass is 9.80. The minimum atomic E-state index is 0.199. The maximum absolute atomic E-state index is 5.59. The summed E-state index contributed by atoms with van der Waals surface area (Å²) in [7, 11) is 0. The van der Waals surface area contributed by atoms with E-state index < -0.39 is 0 Å². The van der Waals surface area contributed by atoms with Gasteiger partial charge in [-0.2, -0.15) is 0 Å². The molecule has 0 saturated heterocycles. The first-order valence-corrected chi connectivity index (χ1v) is 16.6. The highest BCUT2D eigenvalue weighted by Crippen LogP contribution is 2.32. The van der Waals surface area contributed by atoms with Crippen LogP contribution < -0.4 is 0 Å². The lowest BCUT2D eigenvalue weighted by Crippen LogP contribution is -2.19. The van der Waals surface area contributed by atoms with Crippen LogP contribution in [0.5, 0.6) is 0 Å². The molecule has 1 saturated carbocycles. The Kier molecular flexibility index (Phi) is 14.6. The van der Waals surface area contributed by atoms with Crippen LogP contribution in [0.3, 0.4) is 0 Å². The van der Waals surface area contributed by atoms with E-state index in [1.54, 1.807) is 0 Å². The lowest BCUT2D eigenvalue weighted by molar-refractivity contribution is -0.0322. The topological polar surface area (TPSA) is 36.9 Å². The molecule has 4 nitrogen and oxygen atoms in total. The molecule has 0 aromatic heterocycles. The zero-order valence-electron chi connectivity index (χ0n) is 27.6. The van der Waals surface area contributed by atoms with Crippen molar-refractivity contribution in [3.63, 3.8) is 0 Å². The minimum Gasteiger partial charge on any atom is -0.476 e. The molecule has 3 aromatic carbocycles. The SMILES string of the molecule is C=COCOCc1ccc(C#Cc2c(CC)cc(C#Cc3ccc(CCC4CCC(COCOC=C)CC4)cc3)cc2CC)cc1. The quantitative estimate of drug-likeness (QED) is 0.0739. The third-order valence-corrected chi connectivity index (χ3v) is 8.62. The van der Waals surface area contributed by atoms with E-state index in [1.807, 2.05) is 24.3 Å². The van der Waals surface area contributed by atoms with Crippen LogP contribution in [0.4, 0.5) is 0 Å². The van der Waals surface area contributed by atoms with Crippen molar-refractivity contribution >= 4 is 0 Å². The van der Waals surface area contributed by atoms with Crippen molar-refractivity contribution in [3.05, 3.63) is 131 Å². The predicted octanol–water partition coefficient (Wildman–Crippen LogP) is 9.12.